The van der Waals surface area contributed by atoms with Gasteiger partial charge in [0, 0.05) is 11.6 Å². The second-order valence-corrected chi connectivity index (χ2v) is 3.51. The molecule has 0 fully saturated rings. The van der Waals surface area contributed by atoms with Gasteiger partial charge in [-0.1, -0.05) is 0 Å². The van der Waals surface area contributed by atoms with Gasteiger partial charge >= 0.3 is 0 Å². The number of fused-ring (bicyclic) bond motifs is 1. The maximum absolute atomic E-state index is 7.51. The Morgan fingerprint density at radius 3 is 3.14 bits per heavy atom. The summed E-state index contributed by atoms with van der Waals surface area (Å²) in [6.07, 6.45) is 3.18. The van der Waals surface area contributed by atoms with Crippen LogP contribution in [0.5, 0.6) is 0 Å². The van der Waals surface area contributed by atoms with Gasteiger partial charge in [-0.05, 0) is 22.0 Å². The Morgan fingerprint density at radius 2 is 2.43 bits per heavy atom. The summed E-state index contributed by atoms with van der Waals surface area (Å²) in [6.45, 7) is 0. The van der Waals surface area contributed by atoms with Crippen molar-refractivity contribution in [2.45, 2.75) is 0 Å². The van der Waals surface area contributed by atoms with Crippen LogP contribution in [-0.4, -0.2) is 18.0 Å². The molecule has 2 heterocycles. The molecular weight excluding hydrogens is 248 g/mol. The van der Waals surface area contributed by atoms with Crippen molar-refractivity contribution >= 4 is 32.8 Å². The number of furan rings is 1. The highest BCUT2D eigenvalue weighted by Crippen LogP contribution is 2.27. The zero-order valence-corrected chi connectivity index (χ0v) is 8.96. The molecule has 5 heteroatoms. The Bertz CT molecular complexity index is 493. The van der Waals surface area contributed by atoms with Crippen molar-refractivity contribution in [2.75, 3.05) is 7.11 Å². The van der Waals surface area contributed by atoms with E-state index in [1.165, 1.54) is 7.11 Å². The summed E-state index contributed by atoms with van der Waals surface area (Å²) in [5, 5.41) is 8.40. The quantitative estimate of drug-likeness (QED) is 0.629. The number of nitrogens with one attached hydrogen (secondary N) is 1. The van der Waals surface area contributed by atoms with Gasteiger partial charge in [0.05, 0.1) is 11.6 Å². The number of aromatic nitrogens is 1. The fraction of sp³-hybridized carbons (Fsp3) is 0.111. The summed E-state index contributed by atoms with van der Waals surface area (Å²) in [6, 6.07) is 1.81. The van der Waals surface area contributed by atoms with Gasteiger partial charge in [0.1, 0.15) is 6.26 Å². The lowest BCUT2D eigenvalue weighted by Crippen LogP contribution is -2.03. The second-order valence-electron chi connectivity index (χ2n) is 2.65. The van der Waals surface area contributed by atoms with Crippen LogP contribution in [0.1, 0.15) is 5.69 Å². The van der Waals surface area contributed by atoms with Gasteiger partial charge in [0.2, 0.25) is 5.90 Å². The lowest BCUT2D eigenvalue weighted by molar-refractivity contribution is 0.399. The Morgan fingerprint density at radius 1 is 1.64 bits per heavy atom. The molecule has 0 aromatic carbocycles. The van der Waals surface area contributed by atoms with Crippen molar-refractivity contribution in [3.05, 3.63) is 28.7 Å². The molecule has 0 aliphatic rings. The molecule has 14 heavy (non-hydrogen) atoms. The molecule has 0 amide bonds. The molecule has 0 aliphatic carbocycles. The van der Waals surface area contributed by atoms with Crippen molar-refractivity contribution in [2.24, 2.45) is 0 Å². The van der Waals surface area contributed by atoms with E-state index >= 15 is 0 Å². The van der Waals surface area contributed by atoms with Gasteiger partial charge in [-0.15, -0.1) is 0 Å². The van der Waals surface area contributed by atoms with Gasteiger partial charge in [0.15, 0.2) is 11.3 Å². The molecule has 2 aromatic rings. The van der Waals surface area contributed by atoms with Crippen molar-refractivity contribution < 1.29 is 9.15 Å². The fourth-order valence-electron chi connectivity index (χ4n) is 1.19. The fourth-order valence-corrected chi connectivity index (χ4v) is 1.59. The van der Waals surface area contributed by atoms with E-state index in [-0.39, 0.29) is 5.90 Å². The molecule has 0 radical (unpaired) electrons. The zero-order chi connectivity index (χ0) is 10.1. The molecule has 0 saturated heterocycles. The molecule has 2 aromatic heterocycles. The molecule has 0 atom stereocenters. The minimum absolute atomic E-state index is 0.00236. The van der Waals surface area contributed by atoms with Crippen molar-refractivity contribution in [1.82, 2.24) is 4.98 Å². The van der Waals surface area contributed by atoms with E-state index in [0.29, 0.717) is 11.3 Å². The van der Waals surface area contributed by atoms with Gasteiger partial charge in [0.25, 0.3) is 0 Å². The molecule has 0 saturated carbocycles. The second kappa shape index (κ2) is 3.42. The summed E-state index contributed by atoms with van der Waals surface area (Å²) in [7, 11) is 1.43. The molecule has 0 aliphatic heterocycles. The standard InChI is InChI=1S/C9H7BrN2O2/c1-13-9(11)7-8-5(2-3-12-7)6(10)4-14-8/h2-4,11H,1H3. The molecule has 0 spiro atoms. The van der Waals surface area contributed by atoms with E-state index in [0.717, 1.165) is 9.86 Å². The molecule has 0 unspecified atom stereocenters. The first-order valence-corrected chi connectivity index (χ1v) is 4.68. The summed E-state index contributed by atoms with van der Waals surface area (Å²) in [5.74, 6) is -0.00236. The van der Waals surface area contributed by atoms with E-state index in [1.54, 1.807) is 12.5 Å². The maximum Gasteiger partial charge on any atom is 0.236 e. The highest BCUT2D eigenvalue weighted by molar-refractivity contribution is 9.10. The van der Waals surface area contributed by atoms with Crippen LogP contribution in [0, 0.1) is 5.41 Å². The molecule has 72 valence electrons. The van der Waals surface area contributed by atoms with Crippen LogP contribution in [0.2, 0.25) is 0 Å². The van der Waals surface area contributed by atoms with Gasteiger partial charge in [-0.2, -0.15) is 0 Å². The van der Waals surface area contributed by atoms with Crippen LogP contribution in [0.15, 0.2) is 27.4 Å². The lowest BCUT2D eigenvalue weighted by Gasteiger charge is -2.00. The first kappa shape index (κ1) is 9.21. The smallest absolute Gasteiger partial charge is 0.236 e. The summed E-state index contributed by atoms with van der Waals surface area (Å²) in [4.78, 5) is 4.03. The van der Waals surface area contributed by atoms with Crippen LogP contribution in [0.4, 0.5) is 0 Å². The summed E-state index contributed by atoms with van der Waals surface area (Å²) < 4.78 is 10.9. The van der Waals surface area contributed by atoms with Crippen LogP contribution >= 0.6 is 15.9 Å². The van der Waals surface area contributed by atoms with E-state index < -0.39 is 0 Å². The average Bonchev–Trinajstić information content (AvgIpc) is 2.59. The number of pyridine rings is 1. The number of rotatable bonds is 1. The van der Waals surface area contributed by atoms with Crippen molar-refractivity contribution in [1.29, 1.82) is 5.41 Å². The highest BCUT2D eigenvalue weighted by Gasteiger charge is 2.13. The largest absolute Gasteiger partial charge is 0.480 e. The summed E-state index contributed by atoms with van der Waals surface area (Å²) in [5.41, 5.74) is 0.974. The van der Waals surface area contributed by atoms with Crippen LogP contribution in [-0.2, 0) is 4.74 Å². The van der Waals surface area contributed by atoms with E-state index in [9.17, 15) is 0 Å². The molecule has 2 rings (SSSR count). The third-order valence-electron chi connectivity index (χ3n) is 1.86. The average molecular weight is 255 g/mol. The monoisotopic (exact) mass is 254 g/mol. The zero-order valence-electron chi connectivity index (χ0n) is 7.37. The first-order chi connectivity index (χ1) is 6.74. The highest BCUT2D eigenvalue weighted by atomic mass is 79.9. The Labute approximate surface area is 88.5 Å². The third-order valence-corrected chi connectivity index (χ3v) is 2.48. The molecule has 4 nitrogen and oxygen atoms in total. The minimum Gasteiger partial charge on any atom is -0.480 e. The van der Waals surface area contributed by atoms with Crippen molar-refractivity contribution in [3.8, 4) is 0 Å². The predicted octanol–water partition coefficient (Wildman–Crippen LogP) is 2.56. The number of methoxy groups -OCH3 is 1. The summed E-state index contributed by atoms with van der Waals surface area (Å²) >= 11 is 3.34. The number of hydrogen-bond acceptors (Lipinski definition) is 4. The SMILES string of the molecule is COC(=N)c1nccc2c(Br)coc12. The van der Waals surface area contributed by atoms with Gasteiger partial charge in [-0.25, -0.2) is 4.98 Å². The van der Waals surface area contributed by atoms with Gasteiger partial charge in [-0.3, -0.25) is 5.41 Å². The molecular formula is C9H7BrN2O2. The maximum atomic E-state index is 7.51. The number of halogens is 1. The van der Waals surface area contributed by atoms with E-state index in [1.807, 2.05) is 6.07 Å². The Hall–Kier alpha value is -1.36. The van der Waals surface area contributed by atoms with E-state index in [4.69, 9.17) is 14.6 Å². The van der Waals surface area contributed by atoms with Crippen LogP contribution in [0.25, 0.3) is 11.0 Å². The predicted molar refractivity (Wildman–Crippen MR) is 55.5 cm³/mol. The van der Waals surface area contributed by atoms with E-state index in [2.05, 4.69) is 20.9 Å². The third kappa shape index (κ3) is 1.29. The molecule has 1 N–H and O–H groups in total. The lowest BCUT2D eigenvalue weighted by atomic mass is 10.2. The first-order valence-electron chi connectivity index (χ1n) is 3.88. The number of ether oxygens (including phenoxy) is 1. The Kier molecular flexibility index (Phi) is 2.25. The Balaban J connectivity index is 2.71. The van der Waals surface area contributed by atoms with Crippen molar-refractivity contribution in [3.63, 3.8) is 0 Å². The number of hydrogen-bond donors (Lipinski definition) is 1. The molecule has 0 bridgehead atoms. The topological polar surface area (TPSA) is 59.1 Å². The normalized spacial score (nSPS) is 10.4. The minimum atomic E-state index is -0.00236. The van der Waals surface area contributed by atoms with Crippen LogP contribution in [0.3, 0.4) is 0 Å². The number of nitrogens with zero attached hydrogens (tertiary/aromatic N) is 1. The van der Waals surface area contributed by atoms with Gasteiger partial charge < -0.3 is 9.15 Å². The van der Waals surface area contributed by atoms with Crippen LogP contribution < -0.4 is 0 Å².